The molecule has 0 aliphatic rings. The first-order valence-corrected chi connectivity index (χ1v) is 10.1. The lowest BCUT2D eigenvalue weighted by molar-refractivity contribution is 0.483. The summed E-state index contributed by atoms with van der Waals surface area (Å²) in [5.74, 6) is 0.635. The summed E-state index contributed by atoms with van der Waals surface area (Å²) in [5, 5.41) is 11.4. The van der Waals surface area contributed by atoms with E-state index in [0.29, 0.717) is 12.4 Å². The molecule has 0 amide bonds. The van der Waals surface area contributed by atoms with E-state index in [-0.39, 0.29) is 0 Å². The summed E-state index contributed by atoms with van der Waals surface area (Å²) >= 11 is 0. The standard InChI is InChI=1S/C25H27N5/c1-30-24(26)23(19-29-30)27-17-18-28-25(20-11-5-2-6-12-20,21-13-7-3-8-14-21)22-15-9-4-10-16-22/h2-16,19,27-28H,17-18,26H2,1H3. The van der Waals surface area contributed by atoms with Gasteiger partial charge in [-0.1, -0.05) is 91.0 Å². The first-order chi connectivity index (χ1) is 14.7. The van der Waals surface area contributed by atoms with Crippen molar-refractivity contribution in [2.75, 3.05) is 24.1 Å². The molecule has 5 heteroatoms. The number of benzene rings is 3. The minimum Gasteiger partial charge on any atom is -0.382 e. The predicted octanol–water partition coefficient (Wildman–Crippen LogP) is 4.00. The molecule has 0 atom stereocenters. The van der Waals surface area contributed by atoms with E-state index in [1.54, 1.807) is 10.9 Å². The summed E-state index contributed by atoms with van der Waals surface area (Å²) < 4.78 is 1.66. The van der Waals surface area contributed by atoms with E-state index < -0.39 is 5.54 Å². The summed E-state index contributed by atoms with van der Waals surface area (Å²) in [4.78, 5) is 0. The number of nitrogens with zero attached hydrogens (tertiary/aromatic N) is 2. The van der Waals surface area contributed by atoms with E-state index in [1.807, 2.05) is 7.05 Å². The highest BCUT2D eigenvalue weighted by atomic mass is 15.3. The number of nitrogen functional groups attached to an aromatic ring is 1. The second-order valence-corrected chi connectivity index (χ2v) is 7.27. The average Bonchev–Trinajstić information content (AvgIpc) is 3.13. The Kier molecular flexibility index (Phi) is 5.82. The maximum Gasteiger partial charge on any atom is 0.145 e. The van der Waals surface area contributed by atoms with Crippen molar-refractivity contribution in [3.63, 3.8) is 0 Å². The van der Waals surface area contributed by atoms with Gasteiger partial charge in [0.15, 0.2) is 0 Å². The van der Waals surface area contributed by atoms with E-state index in [9.17, 15) is 0 Å². The van der Waals surface area contributed by atoms with Crippen LogP contribution in [0.1, 0.15) is 16.7 Å². The third-order valence-corrected chi connectivity index (χ3v) is 5.44. The Labute approximate surface area is 177 Å². The van der Waals surface area contributed by atoms with Crippen molar-refractivity contribution < 1.29 is 0 Å². The molecule has 0 spiro atoms. The number of aryl methyl sites for hydroxylation is 1. The topological polar surface area (TPSA) is 67.9 Å². The number of rotatable bonds is 8. The van der Waals surface area contributed by atoms with Gasteiger partial charge in [-0.15, -0.1) is 0 Å². The van der Waals surface area contributed by atoms with Crippen LogP contribution >= 0.6 is 0 Å². The highest BCUT2D eigenvalue weighted by Gasteiger charge is 2.35. The number of nitrogens with one attached hydrogen (secondary N) is 2. The third-order valence-electron chi connectivity index (χ3n) is 5.44. The summed E-state index contributed by atoms with van der Waals surface area (Å²) in [6.45, 7) is 1.44. The molecule has 4 rings (SSSR count). The second kappa shape index (κ2) is 8.84. The van der Waals surface area contributed by atoms with E-state index in [4.69, 9.17) is 5.73 Å². The van der Waals surface area contributed by atoms with Gasteiger partial charge in [0.05, 0.1) is 17.4 Å². The van der Waals surface area contributed by atoms with Crippen LogP contribution in [-0.4, -0.2) is 22.9 Å². The van der Waals surface area contributed by atoms with Gasteiger partial charge in [-0.05, 0) is 16.7 Å². The Morgan fingerprint density at radius 2 is 1.23 bits per heavy atom. The number of nitrogens with two attached hydrogens (primary N) is 1. The zero-order valence-corrected chi connectivity index (χ0v) is 17.1. The van der Waals surface area contributed by atoms with Crippen molar-refractivity contribution in [3.05, 3.63) is 114 Å². The van der Waals surface area contributed by atoms with Crippen molar-refractivity contribution in [3.8, 4) is 0 Å². The minimum atomic E-state index is -0.466. The summed E-state index contributed by atoms with van der Waals surface area (Å²) in [6.07, 6.45) is 1.76. The van der Waals surface area contributed by atoms with Crippen LogP contribution in [-0.2, 0) is 12.6 Å². The van der Waals surface area contributed by atoms with Gasteiger partial charge in [0.2, 0.25) is 0 Å². The second-order valence-electron chi connectivity index (χ2n) is 7.27. The molecule has 30 heavy (non-hydrogen) atoms. The molecule has 4 N–H and O–H groups in total. The van der Waals surface area contributed by atoms with Gasteiger partial charge in [0, 0.05) is 20.1 Å². The van der Waals surface area contributed by atoms with E-state index in [1.165, 1.54) is 16.7 Å². The van der Waals surface area contributed by atoms with Gasteiger partial charge >= 0.3 is 0 Å². The van der Waals surface area contributed by atoms with Crippen LogP contribution < -0.4 is 16.4 Å². The molecule has 0 bridgehead atoms. The van der Waals surface area contributed by atoms with Crippen LogP contribution in [0, 0.1) is 0 Å². The molecule has 0 saturated carbocycles. The average molecular weight is 398 g/mol. The smallest absolute Gasteiger partial charge is 0.145 e. The van der Waals surface area contributed by atoms with Crippen molar-refractivity contribution in [2.24, 2.45) is 7.05 Å². The Bertz CT molecular complexity index is 962. The minimum absolute atomic E-state index is 0.466. The fourth-order valence-corrected chi connectivity index (χ4v) is 3.90. The summed E-state index contributed by atoms with van der Waals surface area (Å²) in [6, 6.07) is 31.8. The predicted molar refractivity (Wildman–Crippen MR) is 123 cm³/mol. The lowest BCUT2D eigenvalue weighted by atomic mass is 9.77. The lowest BCUT2D eigenvalue weighted by Crippen LogP contribution is -2.46. The summed E-state index contributed by atoms with van der Waals surface area (Å²) in [7, 11) is 1.84. The molecule has 0 radical (unpaired) electrons. The quantitative estimate of drug-likeness (QED) is 0.311. The fourth-order valence-electron chi connectivity index (χ4n) is 3.90. The number of anilines is 2. The molecule has 0 saturated heterocycles. The highest BCUT2D eigenvalue weighted by Crippen LogP contribution is 2.36. The maximum absolute atomic E-state index is 6.06. The Morgan fingerprint density at radius 3 is 1.63 bits per heavy atom. The van der Waals surface area contributed by atoms with E-state index in [2.05, 4.69) is 107 Å². The SMILES string of the molecule is Cn1ncc(NCCNC(c2ccccc2)(c2ccccc2)c2ccccc2)c1N. The molecule has 1 aromatic heterocycles. The van der Waals surface area contributed by atoms with E-state index >= 15 is 0 Å². The van der Waals surface area contributed by atoms with Crippen LogP contribution in [0.25, 0.3) is 0 Å². The van der Waals surface area contributed by atoms with E-state index in [0.717, 1.165) is 12.2 Å². The molecule has 0 aliphatic heterocycles. The van der Waals surface area contributed by atoms with Gasteiger partial charge in [-0.25, -0.2) is 0 Å². The highest BCUT2D eigenvalue weighted by molar-refractivity contribution is 5.60. The van der Waals surface area contributed by atoms with Crippen molar-refractivity contribution >= 4 is 11.5 Å². The van der Waals surface area contributed by atoms with Crippen LogP contribution in [0.2, 0.25) is 0 Å². The van der Waals surface area contributed by atoms with Crippen molar-refractivity contribution in [1.82, 2.24) is 15.1 Å². The zero-order chi connectivity index (χ0) is 20.8. The molecule has 1 heterocycles. The third kappa shape index (κ3) is 3.80. The van der Waals surface area contributed by atoms with Crippen LogP contribution in [0.3, 0.4) is 0 Å². The van der Waals surface area contributed by atoms with Crippen molar-refractivity contribution in [2.45, 2.75) is 5.54 Å². The van der Waals surface area contributed by atoms with Gasteiger partial charge in [0.25, 0.3) is 0 Å². The fraction of sp³-hybridized carbons (Fsp3) is 0.160. The zero-order valence-electron chi connectivity index (χ0n) is 17.1. The Balaban J connectivity index is 1.68. The van der Waals surface area contributed by atoms with Gasteiger partial charge in [-0.2, -0.15) is 5.10 Å². The van der Waals surface area contributed by atoms with Gasteiger partial charge in [0.1, 0.15) is 5.82 Å². The molecular weight excluding hydrogens is 370 g/mol. The summed E-state index contributed by atoms with van der Waals surface area (Å²) in [5.41, 5.74) is 10.0. The number of aromatic nitrogens is 2. The molecule has 3 aromatic carbocycles. The number of hydrogen-bond acceptors (Lipinski definition) is 4. The Morgan fingerprint density at radius 1 is 0.767 bits per heavy atom. The molecule has 0 fully saturated rings. The molecular formula is C25H27N5. The monoisotopic (exact) mass is 397 g/mol. The number of hydrogen-bond donors (Lipinski definition) is 3. The molecule has 0 aliphatic carbocycles. The van der Waals surface area contributed by atoms with Crippen LogP contribution in [0.4, 0.5) is 11.5 Å². The van der Waals surface area contributed by atoms with Crippen molar-refractivity contribution in [1.29, 1.82) is 0 Å². The van der Waals surface area contributed by atoms with Crippen LogP contribution in [0.15, 0.2) is 97.2 Å². The normalized spacial score (nSPS) is 11.4. The molecule has 4 aromatic rings. The first kappa shape index (κ1) is 19.7. The molecule has 0 unspecified atom stereocenters. The van der Waals surface area contributed by atoms with Gasteiger partial charge < -0.3 is 11.1 Å². The first-order valence-electron chi connectivity index (χ1n) is 10.1. The van der Waals surface area contributed by atoms with Gasteiger partial charge in [-0.3, -0.25) is 10.00 Å². The lowest BCUT2D eigenvalue weighted by Gasteiger charge is -2.37. The maximum atomic E-state index is 6.06. The largest absolute Gasteiger partial charge is 0.382 e. The molecule has 152 valence electrons. The molecule has 5 nitrogen and oxygen atoms in total. The van der Waals surface area contributed by atoms with Crippen LogP contribution in [0.5, 0.6) is 0 Å². The Hall–Kier alpha value is -3.57.